The standard InChI is InChI=1S/C29H32N4O2/c1-19-16-30-27(20(19)2)18-33(14-13-23-17-31-26-6-4-3-5-24(23)26)28-11-9-22-15-21(7-10-25(22)28)8-12-29(34)32-35/h3-8,10,12,15-17,28,30-31,35H,9,11,13-14,18H2,1-2H3,(H,32,34). The molecule has 6 nitrogen and oxygen atoms in total. The van der Waals surface area contributed by atoms with Gasteiger partial charge in [0.15, 0.2) is 0 Å². The molecule has 6 heteroatoms. The van der Waals surface area contributed by atoms with Crippen LogP contribution in [0.3, 0.4) is 0 Å². The Morgan fingerprint density at radius 2 is 2.03 bits per heavy atom. The summed E-state index contributed by atoms with van der Waals surface area (Å²) in [6, 6.07) is 15.3. The maximum absolute atomic E-state index is 11.4. The molecule has 0 bridgehead atoms. The number of rotatable bonds is 8. The van der Waals surface area contributed by atoms with Crippen LogP contribution in [0.25, 0.3) is 17.0 Å². The average Bonchev–Trinajstić information content (AvgIpc) is 3.58. The summed E-state index contributed by atoms with van der Waals surface area (Å²) in [5.41, 5.74) is 11.8. The van der Waals surface area contributed by atoms with Crippen molar-refractivity contribution < 1.29 is 10.0 Å². The number of amides is 1. The first-order chi connectivity index (χ1) is 17.0. The summed E-state index contributed by atoms with van der Waals surface area (Å²) in [5.74, 6) is -0.525. The lowest BCUT2D eigenvalue weighted by atomic mass is 10.0. The Kier molecular flexibility index (Phi) is 6.57. The number of carbonyl (C=O) groups is 1. The first-order valence-corrected chi connectivity index (χ1v) is 12.2. The molecule has 0 aliphatic heterocycles. The fourth-order valence-electron chi connectivity index (χ4n) is 5.27. The number of aromatic amines is 2. The van der Waals surface area contributed by atoms with Crippen LogP contribution in [0.2, 0.25) is 0 Å². The van der Waals surface area contributed by atoms with Crippen LogP contribution < -0.4 is 5.48 Å². The lowest BCUT2D eigenvalue weighted by Crippen LogP contribution is -2.29. The van der Waals surface area contributed by atoms with Gasteiger partial charge in [0.25, 0.3) is 5.91 Å². The molecule has 1 atom stereocenters. The molecule has 2 aromatic heterocycles. The molecule has 4 N–H and O–H groups in total. The molecule has 2 heterocycles. The Labute approximate surface area is 205 Å². The molecule has 1 unspecified atom stereocenters. The van der Waals surface area contributed by atoms with Crippen molar-refractivity contribution in [1.29, 1.82) is 0 Å². The van der Waals surface area contributed by atoms with E-state index < -0.39 is 5.91 Å². The van der Waals surface area contributed by atoms with Gasteiger partial charge >= 0.3 is 0 Å². The van der Waals surface area contributed by atoms with Crippen LogP contribution in [0, 0.1) is 13.8 Å². The van der Waals surface area contributed by atoms with Gasteiger partial charge in [0.05, 0.1) is 0 Å². The van der Waals surface area contributed by atoms with E-state index >= 15 is 0 Å². The molecule has 0 spiro atoms. The second-order valence-corrected chi connectivity index (χ2v) is 9.48. The zero-order valence-corrected chi connectivity index (χ0v) is 20.3. The molecule has 0 fully saturated rings. The summed E-state index contributed by atoms with van der Waals surface area (Å²) in [5, 5.41) is 10.0. The number of carbonyl (C=O) groups excluding carboxylic acids is 1. The van der Waals surface area contributed by atoms with Crippen LogP contribution in [0.15, 0.2) is 60.9 Å². The van der Waals surface area contributed by atoms with Crippen molar-refractivity contribution in [2.45, 2.75) is 45.7 Å². The number of fused-ring (bicyclic) bond motifs is 2. The second kappa shape index (κ2) is 9.94. The van der Waals surface area contributed by atoms with Gasteiger partial charge in [-0.15, -0.1) is 0 Å². The van der Waals surface area contributed by atoms with Gasteiger partial charge in [-0.25, -0.2) is 5.48 Å². The molecule has 180 valence electrons. The van der Waals surface area contributed by atoms with E-state index in [1.54, 1.807) is 11.6 Å². The summed E-state index contributed by atoms with van der Waals surface area (Å²) in [7, 11) is 0. The van der Waals surface area contributed by atoms with E-state index in [1.165, 1.54) is 50.5 Å². The van der Waals surface area contributed by atoms with E-state index in [1.807, 2.05) is 0 Å². The second-order valence-electron chi connectivity index (χ2n) is 9.48. The zero-order valence-electron chi connectivity index (χ0n) is 20.3. The number of benzene rings is 2. The van der Waals surface area contributed by atoms with E-state index in [0.717, 1.165) is 37.9 Å². The van der Waals surface area contributed by atoms with Crippen LogP contribution in [0.4, 0.5) is 0 Å². The van der Waals surface area contributed by atoms with Crippen molar-refractivity contribution >= 4 is 22.9 Å². The highest BCUT2D eigenvalue weighted by Crippen LogP contribution is 2.38. The van der Waals surface area contributed by atoms with Crippen molar-refractivity contribution in [2.24, 2.45) is 0 Å². The highest BCUT2D eigenvalue weighted by atomic mass is 16.5. The largest absolute Gasteiger partial charge is 0.363 e. The number of hydrogen-bond donors (Lipinski definition) is 4. The minimum atomic E-state index is -0.525. The van der Waals surface area contributed by atoms with Crippen molar-refractivity contribution in [2.75, 3.05) is 6.54 Å². The van der Waals surface area contributed by atoms with Gasteiger partial charge in [-0.1, -0.05) is 36.4 Å². The van der Waals surface area contributed by atoms with Crippen molar-refractivity contribution in [3.8, 4) is 0 Å². The van der Waals surface area contributed by atoms with Crippen LogP contribution >= 0.6 is 0 Å². The monoisotopic (exact) mass is 468 g/mol. The van der Waals surface area contributed by atoms with Gasteiger partial charge in [0.1, 0.15) is 0 Å². The van der Waals surface area contributed by atoms with Crippen LogP contribution in [-0.4, -0.2) is 32.5 Å². The SMILES string of the molecule is Cc1c[nH]c(CN(CCc2c[nH]c3ccccc23)C2CCc3cc(C=CC(=O)NO)ccc32)c1C. The van der Waals surface area contributed by atoms with Gasteiger partial charge in [-0.2, -0.15) is 0 Å². The van der Waals surface area contributed by atoms with Crippen molar-refractivity contribution in [1.82, 2.24) is 20.3 Å². The topological polar surface area (TPSA) is 84.2 Å². The zero-order chi connectivity index (χ0) is 24.4. The quantitative estimate of drug-likeness (QED) is 0.159. The molecule has 4 aromatic rings. The van der Waals surface area contributed by atoms with Crippen LogP contribution in [-0.2, 0) is 24.2 Å². The third-order valence-electron chi connectivity index (χ3n) is 7.40. The number of para-hydroxylation sites is 1. The lowest BCUT2D eigenvalue weighted by Gasteiger charge is -2.30. The molecule has 1 amide bonds. The van der Waals surface area contributed by atoms with Crippen molar-refractivity contribution in [3.63, 3.8) is 0 Å². The van der Waals surface area contributed by atoms with E-state index in [4.69, 9.17) is 5.21 Å². The Bertz CT molecular complexity index is 1380. The molecule has 1 aliphatic carbocycles. The highest BCUT2D eigenvalue weighted by Gasteiger charge is 2.29. The number of aryl methyl sites for hydroxylation is 2. The molecule has 2 aromatic carbocycles. The fraction of sp³-hybridized carbons (Fsp3) is 0.276. The highest BCUT2D eigenvalue weighted by molar-refractivity contribution is 5.90. The molecule has 1 aliphatic rings. The predicted octanol–water partition coefficient (Wildman–Crippen LogP) is 5.36. The smallest absolute Gasteiger partial charge is 0.267 e. The first-order valence-electron chi connectivity index (χ1n) is 12.2. The number of hydrogen-bond acceptors (Lipinski definition) is 3. The minimum Gasteiger partial charge on any atom is -0.363 e. The Morgan fingerprint density at radius 1 is 1.17 bits per heavy atom. The number of aromatic nitrogens is 2. The first kappa shape index (κ1) is 23.1. The van der Waals surface area contributed by atoms with E-state index in [0.29, 0.717) is 6.04 Å². The molecular weight excluding hydrogens is 436 g/mol. The molecule has 0 saturated heterocycles. The number of nitrogens with zero attached hydrogens (tertiary/aromatic N) is 1. The number of nitrogens with one attached hydrogen (secondary N) is 3. The van der Waals surface area contributed by atoms with Gasteiger partial charge in [-0.3, -0.25) is 14.9 Å². The summed E-state index contributed by atoms with van der Waals surface area (Å²) in [4.78, 5) is 20.9. The third-order valence-corrected chi connectivity index (χ3v) is 7.40. The Balaban J connectivity index is 1.40. The molecule has 5 rings (SSSR count). The molecule has 0 saturated carbocycles. The normalized spacial score (nSPS) is 15.4. The predicted molar refractivity (Wildman–Crippen MR) is 139 cm³/mol. The lowest BCUT2D eigenvalue weighted by molar-refractivity contribution is -0.124. The minimum absolute atomic E-state index is 0.344. The average molecular weight is 469 g/mol. The summed E-state index contributed by atoms with van der Waals surface area (Å²) >= 11 is 0. The van der Waals surface area contributed by atoms with E-state index in [9.17, 15) is 4.79 Å². The van der Waals surface area contributed by atoms with E-state index in [2.05, 4.69) is 83.6 Å². The molecule has 35 heavy (non-hydrogen) atoms. The Morgan fingerprint density at radius 3 is 2.83 bits per heavy atom. The molecular formula is C29H32N4O2. The fourth-order valence-corrected chi connectivity index (χ4v) is 5.27. The Hall–Kier alpha value is -3.61. The van der Waals surface area contributed by atoms with Gasteiger partial charge < -0.3 is 9.97 Å². The van der Waals surface area contributed by atoms with Crippen LogP contribution in [0.1, 0.15) is 51.5 Å². The van der Waals surface area contributed by atoms with Gasteiger partial charge in [-0.05, 0) is 78.6 Å². The van der Waals surface area contributed by atoms with Crippen LogP contribution in [0.5, 0.6) is 0 Å². The van der Waals surface area contributed by atoms with E-state index in [-0.39, 0.29) is 0 Å². The maximum Gasteiger partial charge on any atom is 0.267 e. The maximum atomic E-state index is 11.4. The third kappa shape index (κ3) is 4.81. The van der Waals surface area contributed by atoms with Gasteiger partial charge in [0, 0.05) is 54.2 Å². The molecule has 0 radical (unpaired) electrons. The summed E-state index contributed by atoms with van der Waals surface area (Å²) < 4.78 is 0. The number of H-pyrrole nitrogens is 2. The number of hydroxylamine groups is 1. The summed E-state index contributed by atoms with van der Waals surface area (Å²) in [6.07, 6.45) is 10.4. The van der Waals surface area contributed by atoms with Gasteiger partial charge in [0.2, 0.25) is 0 Å². The van der Waals surface area contributed by atoms with Crippen molar-refractivity contribution in [3.05, 3.63) is 100 Å². The summed E-state index contributed by atoms with van der Waals surface area (Å²) in [6.45, 7) is 6.19.